The minimum atomic E-state index is -0.401. The van der Waals surface area contributed by atoms with Crippen LogP contribution in [0.1, 0.15) is 48.5 Å². The van der Waals surface area contributed by atoms with Crippen molar-refractivity contribution >= 4 is 17.6 Å². The fourth-order valence-electron chi connectivity index (χ4n) is 2.83. The highest BCUT2D eigenvalue weighted by atomic mass is 16.5. The first-order chi connectivity index (χ1) is 11.0. The van der Waals surface area contributed by atoms with E-state index >= 15 is 0 Å². The summed E-state index contributed by atoms with van der Waals surface area (Å²) in [6, 6.07) is 5.43. The molecular weight excluding hydrogens is 296 g/mol. The summed E-state index contributed by atoms with van der Waals surface area (Å²) in [4.78, 5) is 23.0. The zero-order valence-electron chi connectivity index (χ0n) is 13.6. The van der Waals surface area contributed by atoms with Gasteiger partial charge in [0.1, 0.15) is 0 Å². The van der Waals surface area contributed by atoms with Gasteiger partial charge < -0.3 is 20.5 Å². The maximum atomic E-state index is 11.7. The summed E-state index contributed by atoms with van der Waals surface area (Å²) < 4.78 is 4.74. The number of benzene rings is 1. The smallest absolute Gasteiger partial charge is 0.337 e. The molecule has 1 saturated carbocycles. The van der Waals surface area contributed by atoms with Crippen molar-refractivity contribution in [3.63, 3.8) is 0 Å². The number of anilines is 1. The van der Waals surface area contributed by atoms with Crippen molar-refractivity contribution in [1.29, 1.82) is 0 Å². The van der Waals surface area contributed by atoms with Gasteiger partial charge in [-0.05, 0) is 49.4 Å². The van der Waals surface area contributed by atoms with E-state index < -0.39 is 5.97 Å². The summed E-state index contributed by atoms with van der Waals surface area (Å²) in [5, 5.41) is 15.8. The molecule has 1 aromatic carbocycles. The van der Waals surface area contributed by atoms with Gasteiger partial charge in [-0.25, -0.2) is 4.79 Å². The molecule has 0 heterocycles. The lowest BCUT2D eigenvalue weighted by Crippen LogP contribution is -2.34. The van der Waals surface area contributed by atoms with E-state index in [1.54, 1.807) is 18.2 Å². The minimum Gasteiger partial charge on any atom is -0.465 e. The predicted octanol–water partition coefficient (Wildman–Crippen LogP) is 1.82. The Morgan fingerprint density at radius 2 is 1.96 bits per heavy atom. The number of rotatable bonds is 5. The van der Waals surface area contributed by atoms with Crippen LogP contribution < -0.4 is 10.6 Å². The average Bonchev–Trinajstić information content (AvgIpc) is 2.54. The molecular formula is C17H24N2O4. The molecule has 2 rings (SSSR count). The predicted molar refractivity (Wildman–Crippen MR) is 87.2 cm³/mol. The Morgan fingerprint density at radius 1 is 1.26 bits per heavy atom. The second-order valence-electron chi connectivity index (χ2n) is 5.93. The quantitative estimate of drug-likeness (QED) is 0.720. The highest BCUT2D eigenvalue weighted by molar-refractivity contribution is 5.93. The van der Waals surface area contributed by atoms with E-state index in [2.05, 4.69) is 10.6 Å². The molecule has 1 aliphatic rings. The van der Waals surface area contributed by atoms with E-state index in [0.717, 1.165) is 31.2 Å². The highest BCUT2D eigenvalue weighted by Crippen LogP contribution is 2.22. The van der Waals surface area contributed by atoms with Gasteiger partial charge in [0.25, 0.3) is 0 Å². The number of aliphatic hydroxyl groups is 1. The zero-order chi connectivity index (χ0) is 16.8. The van der Waals surface area contributed by atoms with Crippen molar-refractivity contribution in [3.05, 3.63) is 29.3 Å². The second kappa shape index (κ2) is 8.08. The molecule has 1 aromatic rings. The first-order valence-corrected chi connectivity index (χ1v) is 7.90. The fourth-order valence-corrected chi connectivity index (χ4v) is 2.83. The van der Waals surface area contributed by atoms with Crippen LogP contribution in [0.4, 0.5) is 5.69 Å². The summed E-state index contributed by atoms with van der Waals surface area (Å²) in [5.74, 6) is -0.556. The molecule has 6 nitrogen and oxygen atoms in total. The number of amides is 1. The number of methoxy groups -OCH3 is 1. The highest BCUT2D eigenvalue weighted by Gasteiger charge is 2.19. The molecule has 0 radical (unpaired) electrons. The Hall–Kier alpha value is -1.92. The average molecular weight is 320 g/mol. The van der Waals surface area contributed by atoms with E-state index in [1.807, 2.05) is 0 Å². The van der Waals surface area contributed by atoms with Gasteiger partial charge >= 0.3 is 5.97 Å². The molecule has 0 aliphatic heterocycles. The molecule has 126 valence electrons. The van der Waals surface area contributed by atoms with E-state index in [0.29, 0.717) is 23.8 Å². The lowest BCUT2D eigenvalue weighted by atomic mass is 9.93. The summed E-state index contributed by atoms with van der Waals surface area (Å²) in [5.41, 5.74) is 1.99. The van der Waals surface area contributed by atoms with E-state index in [4.69, 9.17) is 4.74 Å². The summed E-state index contributed by atoms with van der Waals surface area (Å²) >= 11 is 0. The number of esters is 1. The van der Waals surface area contributed by atoms with Crippen molar-refractivity contribution in [1.82, 2.24) is 5.32 Å². The lowest BCUT2D eigenvalue weighted by molar-refractivity contribution is -0.114. The Bertz CT molecular complexity index is 566. The molecule has 0 atom stereocenters. The molecule has 1 fully saturated rings. The summed E-state index contributed by atoms with van der Waals surface area (Å²) in [6.07, 6.45) is 3.27. The van der Waals surface area contributed by atoms with Gasteiger partial charge in [-0.2, -0.15) is 0 Å². The standard InChI is InChI=1S/C17H24N2O4/c1-11(20)19-16-8-3-12(17(22)23-2)9-13(16)10-18-14-4-6-15(21)7-5-14/h3,8-9,14-15,18,21H,4-7,10H2,1-2H3,(H,19,20). The molecule has 0 unspecified atom stereocenters. The van der Waals surface area contributed by atoms with Gasteiger partial charge in [-0.1, -0.05) is 0 Å². The monoisotopic (exact) mass is 320 g/mol. The van der Waals surface area contributed by atoms with Crippen LogP contribution in [-0.4, -0.2) is 36.2 Å². The maximum absolute atomic E-state index is 11.7. The largest absolute Gasteiger partial charge is 0.465 e. The number of hydrogen-bond donors (Lipinski definition) is 3. The van der Waals surface area contributed by atoms with Crippen LogP contribution in [0.25, 0.3) is 0 Å². The maximum Gasteiger partial charge on any atom is 0.337 e. The zero-order valence-corrected chi connectivity index (χ0v) is 13.6. The number of ether oxygens (including phenoxy) is 1. The van der Waals surface area contributed by atoms with Gasteiger partial charge in [0.2, 0.25) is 5.91 Å². The minimum absolute atomic E-state index is 0.155. The van der Waals surface area contributed by atoms with Crippen LogP contribution in [0.15, 0.2) is 18.2 Å². The Labute approximate surface area is 136 Å². The summed E-state index contributed by atoms with van der Waals surface area (Å²) in [6.45, 7) is 2.00. The lowest BCUT2D eigenvalue weighted by Gasteiger charge is -2.26. The van der Waals surface area contributed by atoms with Crippen LogP contribution in [-0.2, 0) is 16.1 Å². The third-order valence-corrected chi connectivity index (χ3v) is 4.11. The van der Waals surface area contributed by atoms with E-state index in [-0.39, 0.29) is 12.0 Å². The molecule has 0 spiro atoms. The van der Waals surface area contributed by atoms with Crippen LogP contribution in [0.2, 0.25) is 0 Å². The van der Waals surface area contributed by atoms with Crippen molar-refractivity contribution in [2.75, 3.05) is 12.4 Å². The molecule has 3 N–H and O–H groups in total. The molecule has 0 aromatic heterocycles. The number of aliphatic hydroxyl groups excluding tert-OH is 1. The van der Waals surface area contributed by atoms with Crippen molar-refractivity contribution in [2.45, 2.75) is 51.3 Å². The number of nitrogens with one attached hydrogen (secondary N) is 2. The van der Waals surface area contributed by atoms with Gasteiger partial charge in [-0.3, -0.25) is 4.79 Å². The first-order valence-electron chi connectivity index (χ1n) is 7.90. The van der Waals surface area contributed by atoms with Crippen LogP contribution in [0.5, 0.6) is 0 Å². The molecule has 1 aliphatic carbocycles. The topological polar surface area (TPSA) is 87.7 Å². The third-order valence-electron chi connectivity index (χ3n) is 4.11. The Morgan fingerprint density at radius 3 is 2.57 bits per heavy atom. The Kier molecular flexibility index (Phi) is 6.12. The van der Waals surface area contributed by atoms with Gasteiger partial charge in [0.05, 0.1) is 18.8 Å². The number of carbonyl (C=O) groups excluding carboxylic acids is 2. The third kappa shape index (κ3) is 5.04. The molecule has 0 bridgehead atoms. The Balaban J connectivity index is 2.09. The van der Waals surface area contributed by atoms with Crippen molar-refractivity contribution < 1.29 is 19.4 Å². The van der Waals surface area contributed by atoms with Crippen LogP contribution in [0, 0.1) is 0 Å². The van der Waals surface area contributed by atoms with Gasteiger partial charge in [-0.15, -0.1) is 0 Å². The van der Waals surface area contributed by atoms with Crippen LogP contribution >= 0.6 is 0 Å². The summed E-state index contributed by atoms with van der Waals surface area (Å²) in [7, 11) is 1.34. The molecule has 6 heteroatoms. The van der Waals surface area contributed by atoms with Gasteiger partial charge in [0.15, 0.2) is 0 Å². The SMILES string of the molecule is COC(=O)c1ccc(NC(C)=O)c(CNC2CCC(O)CC2)c1. The molecule has 0 saturated heterocycles. The van der Waals surface area contributed by atoms with E-state index in [1.165, 1.54) is 14.0 Å². The normalized spacial score (nSPS) is 20.8. The fraction of sp³-hybridized carbons (Fsp3) is 0.529. The molecule has 23 heavy (non-hydrogen) atoms. The van der Waals surface area contributed by atoms with E-state index in [9.17, 15) is 14.7 Å². The van der Waals surface area contributed by atoms with Crippen molar-refractivity contribution in [3.8, 4) is 0 Å². The first kappa shape index (κ1) is 17.4. The van der Waals surface area contributed by atoms with Gasteiger partial charge in [0, 0.05) is 25.2 Å². The number of hydrogen-bond acceptors (Lipinski definition) is 5. The van der Waals surface area contributed by atoms with Crippen molar-refractivity contribution in [2.24, 2.45) is 0 Å². The number of carbonyl (C=O) groups is 2. The molecule has 1 amide bonds. The van der Waals surface area contributed by atoms with Crippen LogP contribution in [0.3, 0.4) is 0 Å². The second-order valence-corrected chi connectivity index (χ2v) is 5.93.